The highest BCUT2D eigenvalue weighted by Crippen LogP contribution is 2.36. The van der Waals surface area contributed by atoms with Gasteiger partial charge in [0.05, 0.1) is 13.2 Å². The molecule has 0 bridgehead atoms. The van der Waals surface area contributed by atoms with Crippen LogP contribution in [0.15, 0.2) is 48.5 Å². The number of thiol groups is 1. The maximum Gasteiger partial charge on any atom is 0.251 e. The normalized spacial score (nSPS) is 23.2. The Morgan fingerprint density at radius 1 is 1.00 bits per heavy atom. The average molecular weight is 384 g/mol. The Hall–Kier alpha value is -2.18. The van der Waals surface area contributed by atoms with Crippen LogP contribution in [0.25, 0.3) is 0 Å². The molecule has 2 atom stereocenters. The summed E-state index contributed by atoms with van der Waals surface area (Å²) in [5.74, 6) is 0.0709. The van der Waals surface area contributed by atoms with Crippen molar-refractivity contribution in [1.29, 1.82) is 0 Å². The fourth-order valence-electron chi connectivity index (χ4n) is 3.85. The molecule has 6 heteroatoms. The predicted molar refractivity (Wildman–Crippen MR) is 113 cm³/mol. The molecule has 27 heavy (non-hydrogen) atoms. The average Bonchev–Trinajstić information content (AvgIpc) is 2.92. The van der Waals surface area contributed by atoms with Gasteiger partial charge in [0, 0.05) is 30.2 Å². The molecule has 0 spiro atoms. The van der Waals surface area contributed by atoms with Gasteiger partial charge in [-0.05, 0) is 49.7 Å². The van der Waals surface area contributed by atoms with E-state index in [1.54, 1.807) is 4.90 Å². The maximum absolute atomic E-state index is 13.0. The minimum Gasteiger partial charge on any atom is -0.378 e. The lowest BCUT2D eigenvalue weighted by atomic mass is 10.2. The van der Waals surface area contributed by atoms with E-state index in [-0.39, 0.29) is 17.4 Å². The highest BCUT2D eigenvalue weighted by Gasteiger charge is 2.43. The van der Waals surface area contributed by atoms with Crippen LogP contribution in [0.4, 0.5) is 17.1 Å². The summed E-state index contributed by atoms with van der Waals surface area (Å²) in [5.41, 5.74) is 3.85. The van der Waals surface area contributed by atoms with Gasteiger partial charge in [0.25, 0.3) is 5.91 Å². The van der Waals surface area contributed by atoms with Gasteiger partial charge in [-0.2, -0.15) is 0 Å². The van der Waals surface area contributed by atoms with Crippen LogP contribution in [-0.4, -0.2) is 43.8 Å². The summed E-state index contributed by atoms with van der Waals surface area (Å²) in [6.07, 6.45) is 0. The topological polar surface area (TPSA) is 36.0 Å². The second-order valence-corrected chi connectivity index (χ2v) is 7.50. The van der Waals surface area contributed by atoms with E-state index in [1.165, 1.54) is 5.69 Å². The van der Waals surface area contributed by atoms with Crippen molar-refractivity contribution in [2.45, 2.75) is 25.4 Å². The molecule has 0 aliphatic carbocycles. The molecule has 0 saturated carbocycles. The minimum absolute atomic E-state index is 0.0709. The van der Waals surface area contributed by atoms with Gasteiger partial charge in [0.15, 0.2) is 5.50 Å². The third-order valence-corrected chi connectivity index (χ3v) is 5.87. The standard InChI is InChI=1S/C21H25N3O2S/c1-15-5-3-4-6-19(15)24-20(25)16(2)23(21(24)27)18-9-7-17(8-10-18)22-11-13-26-14-12-22/h3-10,16,21,27H,11-14H2,1-2H3. The first-order chi connectivity index (χ1) is 13.1. The molecule has 5 nitrogen and oxygen atoms in total. The Labute approximate surface area is 165 Å². The Morgan fingerprint density at radius 3 is 2.30 bits per heavy atom. The monoisotopic (exact) mass is 383 g/mol. The smallest absolute Gasteiger partial charge is 0.251 e. The molecule has 1 amide bonds. The van der Waals surface area contributed by atoms with Crippen LogP contribution in [0.1, 0.15) is 12.5 Å². The number of morpholine rings is 1. The molecule has 0 N–H and O–H groups in total. The summed E-state index contributed by atoms with van der Waals surface area (Å²) in [6, 6.07) is 16.1. The number of nitrogens with zero attached hydrogens (tertiary/aromatic N) is 3. The number of aryl methyl sites for hydroxylation is 1. The van der Waals surface area contributed by atoms with Gasteiger partial charge in [0.2, 0.25) is 0 Å². The molecular formula is C21H25N3O2S. The van der Waals surface area contributed by atoms with Crippen LogP contribution in [-0.2, 0) is 9.53 Å². The molecule has 2 aromatic carbocycles. The summed E-state index contributed by atoms with van der Waals surface area (Å²) in [6.45, 7) is 7.32. The van der Waals surface area contributed by atoms with Gasteiger partial charge in [-0.3, -0.25) is 9.69 Å². The number of amides is 1. The van der Waals surface area contributed by atoms with Gasteiger partial charge in [0.1, 0.15) is 6.04 Å². The second kappa shape index (κ2) is 7.44. The summed E-state index contributed by atoms with van der Waals surface area (Å²) >= 11 is 4.80. The van der Waals surface area contributed by atoms with E-state index in [0.717, 1.165) is 43.2 Å². The van der Waals surface area contributed by atoms with Crippen molar-refractivity contribution in [2.24, 2.45) is 0 Å². The van der Waals surface area contributed by atoms with Crippen LogP contribution in [0, 0.1) is 6.92 Å². The quantitative estimate of drug-likeness (QED) is 0.825. The highest BCUT2D eigenvalue weighted by molar-refractivity contribution is 7.81. The summed E-state index contributed by atoms with van der Waals surface area (Å²) < 4.78 is 5.43. The number of hydrogen-bond acceptors (Lipinski definition) is 5. The zero-order valence-corrected chi connectivity index (χ0v) is 16.6. The third-order valence-electron chi connectivity index (χ3n) is 5.39. The van der Waals surface area contributed by atoms with E-state index in [1.807, 2.05) is 38.1 Å². The van der Waals surface area contributed by atoms with Crippen LogP contribution >= 0.6 is 12.6 Å². The van der Waals surface area contributed by atoms with Gasteiger partial charge in [-0.15, -0.1) is 12.6 Å². The molecule has 2 aromatic rings. The van der Waals surface area contributed by atoms with Gasteiger partial charge < -0.3 is 14.5 Å². The Morgan fingerprint density at radius 2 is 1.63 bits per heavy atom. The molecule has 2 unspecified atom stereocenters. The molecule has 2 heterocycles. The van der Waals surface area contributed by atoms with Crippen LogP contribution < -0.4 is 14.7 Å². The van der Waals surface area contributed by atoms with Crippen molar-refractivity contribution in [3.63, 3.8) is 0 Å². The van der Waals surface area contributed by atoms with Crippen molar-refractivity contribution in [2.75, 3.05) is 41.0 Å². The Balaban J connectivity index is 1.60. The fraction of sp³-hybridized carbons (Fsp3) is 0.381. The SMILES string of the molecule is Cc1ccccc1N1C(=O)C(C)N(c2ccc(N3CCOCC3)cc2)C1S. The van der Waals surface area contributed by atoms with E-state index in [0.29, 0.717) is 0 Å². The molecule has 2 saturated heterocycles. The van der Waals surface area contributed by atoms with Crippen molar-refractivity contribution in [3.05, 3.63) is 54.1 Å². The first-order valence-electron chi connectivity index (χ1n) is 9.36. The van der Waals surface area contributed by atoms with Crippen LogP contribution in [0.3, 0.4) is 0 Å². The molecule has 142 valence electrons. The molecule has 2 aliphatic heterocycles. The summed E-state index contributed by atoms with van der Waals surface area (Å²) in [5, 5.41) is 0. The van der Waals surface area contributed by atoms with Crippen molar-refractivity contribution >= 4 is 35.6 Å². The Bertz CT molecular complexity index is 820. The zero-order valence-electron chi connectivity index (χ0n) is 15.7. The van der Waals surface area contributed by atoms with E-state index < -0.39 is 0 Å². The lowest BCUT2D eigenvalue weighted by Crippen LogP contribution is -2.37. The fourth-order valence-corrected chi connectivity index (χ4v) is 4.42. The summed E-state index contributed by atoms with van der Waals surface area (Å²) in [4.78, 5) is 19.2. The van der Waals surface area contributed by atoms with Crippen molar-refractivity contribution < 1.29 is 9.53 Å². The van der Waals surface area contributed by atoms with Crippen molar-refractivity contribution in [3.8, 4) is 0 Å². The van der Waals surface area contributed by atoms with E-state index >= 15 is 0 Å². The predicted octanol–water partition coefficient (Wildman–Crippen LogP) is 3.29. The van der Waals surface area contributed by atoms with E-state index in [4.69, 9.17) is 17.4 Å². The molecule has 2 aliphatic rings. The van der Waals surface area contributed by atoms with Crippen LogP contribution in [0.5, 0.6) is 0 Å². The third kappa shape index (κ3) is 3.28. The lowest BCUT2D eigenvalue weighted by Gasteiger charge is -2.31. The number of carbonyl (C=O) groups is 1. The van der Waals surface area contributed by atoms with Gasteiger partial charge >= 0.3 is 0 Å². The maximum atomic E-state index is 13.0. The first-order valence-corrected chi connectivity index (χ1v) is 9.87. The van der Waals surface area contributed by atoms with E-state index in [9.17, 15) is 4.79 Å². The highest BCUT2D eigenvalue weighted by atomic mass is 32.1. The van der Waals surface area contributed by atoms with Crippen LogP contribution in [0.2, 0.25) is 0 Å². The number of carbonyl (C=O) groups excluding carboxylic acids is 1. The number of rotatable bonds is 3. The number of ether oxygens (including phenoxy) is 1. The van der Waals surface area contributed by atoms with Crippen molar-refractivity contribution in [1.82, 2.24) is 0 Å². The molecule has 0 aromatic heterocycles. The molecule has 2 fully saturated rings. The van der Waals surface area contributed by atoms with E-state index in [2.05, 4.69) is 34.1 Å². The summed E-state index contributed by atoms with van der Waals surface area (Å²) in [7, 11) is 0. The second-order valence-electron chi connectivity index (χ2n) is 7.04. The van der Waals surface area contributed by atoms with Gasteiger partial charge in [-0.25, -0.2) is 0 Å². The number of anilines is 3. The minimum atomic E-state index is -0.331. The number of para-hydroxylation sites is 1. The lowest BCUT2D eigenvalue weighted by molar-refractivity contribution is -0.117. The number of benzene rings is 2. The first kappa shape index (κ1) is 18.2. The van der Waals surface area contributed by atoms with Gasteiger partial charge in [-0.1, -0.05) is 18.2 Å². The number of hydrogen-bond donors (Lipinski definition) is 1. The molecule has 4 rings (SSSR count). The molecular weight excluding hydrogens is 358 g/mol. The molecule has 0 radical (unpaired) electrons. The largest absolute Gasteiger partial charge is 0.378 e. The Kier molecular flexibility index (Phi) is 5.02. The zero-order chi connectivity index (χ0) is 19.0.